The van der Waals surface area contributed by atoms with Gasteiger partial charge in [-0.3, -0.25) is 0 Å². The summed E-state index contributed by atoms with van der Waals surface area (Å²) in [6, 6.07) is 52.2. The van der Waals surface area contributed by atoms with Gasteiger partial charge in [0, 0.05) is 17.0 Å². The summed E-state index contributed by atoms with van der Waals surface area (Å²) in [5.74, 6) is 8.74. The summed E-state index contributed by atoms with van der Waals surface area (Å²) >= 11 is 0. The van der Waals surface area contributed by atoms with Crippen molar-refractivity contribution in [3.63, 3.8) is 0 Å². The molecule has 0 aromatic heterocycles. The Hall–Kier alpha value is -6.38. The summed E-state index contributed by atoms with van der Waals surface area (Å²) in [4.78, 5) is 9.27. The predicted molar refractivity (Wildman–Crippen MR) is 214 cm³/mol. The first-order valence-corrected chi connectivity index (χ1v) is 17.3. The monoisotopic (exact) mass is 682 g/mol. The lowest BCUT2D eigenvalue weighted by Gasteiger charge is -2.25. The topological polar surface area (TPSA) is 52.4 Å². The number of hydrogen-bond acceptors (Lipinski definition) is 5. The molecule has 6 aromatic carbocycles. The molecular formula is C47H42N2O3. The van der Waals surface area contributed by atoms with Gasteiger partial charge in [-0.05, 0) is 96.0 Å². The van der Waals surface area contributed by atoms with Crippen LogP contribution in [0, 0.1) is 12.3 Å². The number of nitrogens with zero attached hydrogens (tertiary/aromatic N) is 2. The van der Waals surface area contributed by atoms with Gasteiger partial charge >= 0.3 is 0 Å². The average molecular weight is 683 g/mol. The highest BCUT2D eigenvalue weighted by molar-refractivity contribution is 6.01. The first kappa shape index (κ1) is 35.4. The molecule has 0 unspecified atom stereocenters. The average Bonchev–Trinajstić information content (AvgIpc) is 3.19. The fourth-order valence-corrected chi connectivity index (χ4v) is 5.43. The van der Waals surface area contributed by atoms with Crippen LogP contribution in [0.1, 0.15) is 41.7 Å². The van der Waals surface area contributed by atoms with Crippen molar-refractivity contribution in [1.29, 1.82) is 0 Å². The fraction of sp³-hybridized carbons (Fsp3) is 0.149. The first-order chi connectivity index (χ1) is 25.4. The lowest BCUT2D eigenvalue weighted by molar-refractivity contribution is 0.110. The molecule has 0 saturated heterocycles. The summed E-state index contributed by atoms with van der Waals surface area (Å²) in [6.07, 6.45) is 0. The van der Waals surface area contributed by atoms with Gasteiger partial charge in [-0.25, -0.2) is 9.98 Å². The van der Waals surface area contributed by atoms with Crippen LogP contribution >= 0.6 is 0 Å². The van der Waals surface area contributed by atoms with Crippen molar-refractivity contribution in [2.75, 3.05) is 20.3 Å². The van der Waals surface area contributed by atoms with Gasteiger partial charge in [0.25, 0.3) is 0 Å². The Balaban J connectivity index is 1.13. The molecule has 0 amide bonds. The van der Waals surface area contributed by atoms with Crippen molar-refractivity contribution in [3.05, 3.63) is 186 Å². The van der Waals surface area contributed by atoms with Crippen LogP contribution in [-0.4, -0.2) is 32.1 Å². The Kier molecular flexibility index (Phi) is 11.6. The second-order valence-corrected chi connectivity index (χ2v) is 13.2. The molecule has 0 bridgehead atoms. The Bertz CT molecular complexity index is 2200. The largest absolute Gasteiger partial charge is 0.496 e. The van der Waals surface area contributed by atoms with Crippen LogP contribution in [0.25, 0.3) is 11.1 Å². The van der Waals surface area contributed by atoms with E-state index in [1.165, 1.54) is 5.56 Å². The van der Waals surface area contributed by atoms with Gasteiger partial charge < -0.3 is 14.2 Å². The second kappa shape index (κ2) is 17.0. The highest BCUT2D eigenvalue weighted by atomic mass is 16.5. The molecule has 5 heteroatoms. The molecule has 0 spiro atoms. The van der Waals surface area contributed by atoms with E-state index in [0.717, 1.165) is 50.5 Å². The van der Waals surface area contributed by atoms with Crippen molar-refractivity contribution in [1.82, 2.24) is 0 Å². The van der Waals surface area contributed by atoms with Crippen LogP contribution < -0.4 is 14.2 Å². The minimum Gasteiger partial charge on any atom is -0.496 e. The van der Waals surface area contributed by atoms with E-state index in [1.54, 1.807) is 7.11 Å². The van der Waals surface area contributed by atoms with Gasteiger partial charge in [0.1, 0.15) is 17.2 Å². The number of aliphatic imine (C=N–C) groups is 2. The van der Waals surface area contributed by atoms with Crippen LogP contribution in [0.15, 0.2) is 168 Å². The number of benzene rings is 6. The molecule has 0 N–H and O–H groups in total. The molecule has 258 valence electrons. The molecule has 0 saturated carbocycles. The van der Waals surface area contributed by atoms with E-state index in [1.807, 2.05) is 121 Å². The van der Waals surface area contributed by atoms with Crippen molar-refractivity contribution in [3.8, 4) is 17.2 Å². The minimum absolute atomic E-state index is 0.280. The van der Waals surface area contributed by atoms with Gasteiger partial charge in [0.2, 0.25) is 0 Å². The SMILES string of the molecule is COc1cc(OCC(C)(C)COc2ccc(C(=C=Nc3ccc(C)cc3)c3ccccc3)cc2)ccc1C(=C=Nc1ccccc1)c1ccccc1. The molecule has 0 radical (unpaired) electrons. The Morgan fingerprint density at radius 2 is 1.02 bits per heavy atom. The van der Waals surface area contributed by atoms with E-state index < -0.39 is 0 Å². The smallest absolute Gasteiger partial charge is 0.131 e. The first-order valence-electron chi connectivity index (χ1n) is 17.3. The van der Waals surface area contributed by atoms with Crippen LogP contribution in [0.2, 0.25) is 0 Å². The second-order valence-electron chi connectivity index (χ2n) is 13.2. The summed E-state index contributed by atoms with van der Waals surface area (Å²) in [7, 11) is 1.66. The van der Waals surface area contributed by atoms with Gasteiger partial charge in [-0.15, -0.1) is 0 Å². The highest BCUT2D eigenvalue weighted by Crippen LogP contribution is 2.34. The van der Waals surface area contributed by atoms with Gasteiger partial charge in [-0.2, -0.15) is 0 Å². The maximum absolute atomic E-state index is 6.31. The minimum atomic E-state index is -0.280. The van der Waals surface area contributed by atoms with E-state index in [4.69, 9.17) is 14.2 Å². The summed E-state index contributed by atoms with van der Waals surface area (Å²) < 4.78 is 18.4. The maximum Gasteiger partial charge on any atom is 0.131 e. The maximum atomic E-state index is 6.31. The van der Waals surface area contributed by atoms with E-state index in [9.17, 15) is 0 Å². The van der Waals surface area contributed by atoms with E-state index in [0.29, 0.717) is 24.7 Å². The number of methoxy groups -OCH3 is 1. The Labute approximate surface area is 306 Å². The summed E-state index contributed by atoms with van der Waals surface area (Å²) in [5.41, 5.74) is 8.26. The third-order valence-corrected chi connectivity index (χ3v) is 8.35. The Morgan fingerprint density at radius 1 is 0.538 bits per heavy atom. The number of aryl methyl sites for hydroxylation is 1. The van der Waals surface area contributed by atoms with Gasteiger partial charge in [-0.1, -0.05) is 110 Å². The van der Waals surface area contributed by atoms with Gasteiger partial charge in [0.05, 0.1) is 42.8 Å². The molecule has 0 atom stereocenters. The number of para-hydroxylation sites is 1. The number of hydrogen-bond donors (Lipinski definition) is 0. The molecule has 6 rings (SSSR count). The lowest BCUT2D eigenvalue weighted by atomic mass is 9.96. The van der Waals surface area contributed by atoms with E-state index in [-0.39, 0.29) is 5.41 Å². The van der Waals surface area contributed by atoms with Crippen LogP contribution in [0.4, 0.5) is 11.4 Å². The van der Waals surface area contributed by atoms with Crippen LogP contribution in [0.3, 0.4) is 0 Å². The standard InChI is InChI=1S/C47H42N2O3/c1-35-20-24-40(25-21-35)48-31-44(36-14-8-5-9-15-36)38-22-26-41(27-23-38)51-33-47(2,3)34-52-42-28-29-43(46(30-42)50-4)45(37-16-10-6-11-17-37)32-49-39-18-12-7-13-19-39/h5-30H,33-34H2,1-4H3. The quantitative estimate of drug-likeness (QED) is 0.114. The molecule has 0 fully saturated rings. The normalized spacial score (nSPS) is 10.7. The third kappa shape index (κ3) is 9.65. The van der Waals surface area contributed by atoms with Crippen molar-refractivity contribution < 1.29 is 14.2 Å². The molecule has 6 aromatic rings. The molecule has 0 heterocycles. The van der Waals surface area contributed by atoms with Gasteiger partial charge in [0.15, 0.2) is 0 Å². The zero-order chi connectivity index (χ0) is 36.2. The molecular weight excluding hydrogens is 641 g/mol. The number of ether oxygens (including phenoxy) is 3. The summed E-state index contributed by atoms with van der Waals surface area (Å²) in [6.45, 7) is 7.23. The molecule has 0 aliphatic heterocycles. The Morgan fingerprint density at radius 3 is 1.62 bits per heavy atom. The fourth-order valence-electron chi connectivity index (χ4n) is 5.43. The van der Waals surface area contributed by atoms with Crippen LogP contribution in [-0.2, 0) is 0 Å². The van der Waals surface area contributed by atoms with E-state index >= 15 is 0 Å². The third-order valence-electron chi connectivity index (χ3n) is 8.35. The zero-order valence-electron chi connectivity index (χ0n) is 30.0. The van der Waals surface area contributed by atoms with Crippen LogP contribution in [0.5, 0.6) is 17.2 Å². The predicted octanol–water partition coefficient (Wildman–Crippen LogP) is 11.4. The van der Waals surface area contributed by atoms with E-state index in [2.05, 4.69) is 78.9 Å². The molecule has 0 aliphatic rings. The number of rotatable bonds is 13. The summed E-state index contributed by atoms with van der Waals surface area (Å²) in [5, 5.41) is 0. The molecule has 0 aliphatic carbocycles. The van der Waals surface area contributed by atoms with Crippen molar-refractivity contribution in [2.45, 2.75) is 20.8 Å². The lowest BCUT2D eigenvalue weighted by Crippen LogP contribution is -2.28. The molecule has 5 nitrogen and oxygen atoms in total. The van der Waals surface area contributed by atoms with Crippen molar-refractivity contribution in [2.24, 2.45) is 15.4 Å². The zero-order valence-corrected chi connectivity index (χ0v) is 30.0. The molecule has 52 heavy (non-hydrogen) atoms. The highest BCUT2D eigenvalue weighted by Gasteiger charge is 2.21. The van der Waals surface area contributed by atoms with Crippen molar-refractivity contribution >= 4 is 34.3 Å².